The van der Waals surface area contributed by atoms with Gasteiger partial charge >= 0.3 is 5.69 Å². The third-order valence-electron chi connectivity index (χ3n) is 3.79. The molecule has 2 aromatic heterocycles. The van der Waals surface area contributed by atoms with Gasteiger partial charge in [0.05, 0.1) is 6.20 Å². The molecule has 11 heteroatoms. The molecule has 0 aliphatic carbocycles. The van der Waals surface area contributed by atoms with Crippen molar-refractivity contribution >= 4 is 18.2 Å². The molecule has 0 bridgehead atoms. The van der Waals surface area contributed by atoms with Gasteiger partial charge in [-0.05, 0) is 17.7 Å². The Morgan fingerprint density at radius 3 is 2.43 bits per heavy atom. The molecule has 28 heavy (non-hydrogen) atoms. The average Bonchev–Trinajstić information content (AvgIpc) is 3.12. The van der Waals surface area contributed by atoms with E-state index in [1.165, 1.54) is 32.4 Å². The third-order valence-corrected chi connectivity index (χ3v) is 3.79. The van der Waals surface area contributed by atoms with Gasteiger partial charge in [0.1, 0.15) is 17.3 Å². The van der Waals surface area contributed by atoms with Gasteiger partial charge in [-0.3, -0.25) is 28.6 Å². The van der Waals surface area contributed by atoms with E-state index in [0.29, 0.717) is 11.1 Å². The lowest BCUT2D eigenvalue weighted by atomic mass is 10.1. The Morgan fingerprint density at radius 2 is 1.82 bits per heavy atom. The number of benzene rings is 1. The number of carbonyl (C=O) groups excluding carboxylic acids is 1. The van der Waals surface area contributed by atoms with E-state index in [4.69, 9.17) is 9.90 Å². The molecule has 0 atom stereocenters. The molecular weight excluding hydrogens is 373 g/mol. The van der Waals surface area contributed by atoms with Crippen LogP contribution in [0.3, 0.4) is 0 Å². The van der Waals surface area contributed by atoms with Gasteiger partial charge in [0.2, 0.25) is 0 Å². The van der Waals surface area contributed by atoms with Crippen LogP contribution in [0.25, 0.3) is 11.1 Å². The minimum atomic E-state index is -0.648. The Balaban J connectivity index is 0.000000878. The monoisotopic (exact) mass is 389 g/mol. The molecule has 0 spiro atoms. The predicted octanol–water partition coefficient (Wildman–Crippen LogP) is 0.566. The lowest BCUT2D eigenvalue weighted by Gasteiger charge is -2.10. The number of amides is 1. The quantitative estimate of drug-likeness (QED) is 0.560. The van der Waals surface area contributed by atoms with Crippen LogP contribution in [0.15, 0.2) is 46.1 Å². The molecule has 3 N–H and O–H groups in total. The smallest absolute Gasteiger partial charge is 0.331 e. The van der Waals surface area contributed by atoms with Crippen molar-refractivity contribution in [1.82, 2.24) is 19.3 Å². The summed E-state index contributed by atoms with van der Waals surface area (Å²) >= 11 is 0. The van der Waals surface area contributed by atoms with E-state index in [-0.39, 0.29) is 23.8 Å². The summed E-state index contributed by atoms with van der Waals surface area (Å²) in [6.07, 6.45) is 1.48. The van der Waals surface area contributed by atoms with Crippen molar-refractivity contribution in [2.45, 2.75) is 0 Å². The van der Waals surface area contributed by atoms with E-state index in [2.05, 4.69) is 15.5 Å². The Morgan fingerprint density at radius 1 is 1.21 bits per heavy atom. The molecule has 0 saturated heterocycles. The van der Waals surface area contributed by atoms with E-state index < -0.39 is 17.2 Å². The zero-order chi connectivity index (χ0) is 20.8. The first-order valence-corrected chi connectivity index (χ1v) is 7.75. The number of carboxylic acid groups (broad SMARTS) is 1. The van der Waals surface area contributed by atoms with Crippen LogP contribution in [0.1, 0.15) is 10.5 Å². The molecule has 0 aliphatic rings. The Labute approximate surface area is 156 Å². The van der Waals surface area contributed by atoms with Gasteiger partial charge in [-0.15, -0.1) is 0 Å². The molecule has 3 aromatic rings. The number of H-pyrrole nitrogens is 1. The summed E-state index contributed by atoms with van der Waals surface area (Å²) in [7, 11) is 2.72. The summed E-state index contributed by atoms with van der Waals surface area (Å²) in [6, 6.07) is 6.75. The first kappa shape index (κ1) is 20.3. The molecule has 1 aromatic carbocycles. The number of nitrogens with zero attached hydrogens (tertiary/aromatic N) is 3. The number of anilines is 1. The fourth-order valence-corrected chi connectivity index (χ4v) is 2.36. The van der Waals surface area contributed by atoms with Crippen molar-refractivity contribution in [2.75, 3.05) is 5.32 Å². The zero-order valence-electron chi connectivity index (χ0n) is 14.8. The first-order valence-electron chi connectivity index (χ1n) is 7.75. The molecule has 10 nitrogen and oxygen atoms in total. The summed E-state index contributed by atoms with van der Waals surface area (Å²) in [5.41, 5.74) is -0.101. The van der Waals surface area contributed by atoms with Crippen molar-refractivity contribution in [3.05, 3.63) is 68.9 Å². The van der Waals surface area contributed by atoms with Crippen LogP contribution in [0, 0.1) is 5.82 Å². The normalized spacial score (nSPS) is 9.96. The van der Waals surface area contributed by atoms with Gasteiger partial charge in [-0.1, -0.05) is 12.1 Å². The highest BCUT2D eigenvalue weighted by atomic mass is 19.1. The van der Waals surface area contributed by atoms with Gasteiger partial charge < -0.3 is 10.4 Å². The number of aromatic amines is 1. The largest absolute Gasteiger partial charge is 0.483 e. The molecule has 3 rings (SSSR count). The van der Waals surface area contributed by atoms with Gasteiger partial charge in [-0.25, -0.2) is 9.18 Å². The predicted molar refractivity (Wildman–Crippen MR) is 97.6 cm³/mol. The van der Waals surface area contributed by atoms with E-state index in [1.807, 2.05) is 0 Å². The minimum Gasteiger partial charge on any atom is -0.483 e. The van der Waals surface area contributed by atoms with Crippen LogP contribution < -0.4 is 16.6 Å². The van der Waals surface area contributed by atoms with Crippen molar-refractivity contribution in [3.63, 3.8) is 0 Å². The Hall–Kier alpha value is -4.02. The number of hydrogen-bond donors (Lipinski definition) is 3. The molecular formula is C17H16FN5O5. The highest BCUT2D eigenvalue weighted by molar-refractivity contribution is 6.04. The van der Waals surface area contributed by atoms with Crippen LogP contribution in [0.5, 0.6) is 0 Å². The van der Waals surface area contributed by atoms with Crippen molar-refractivity contribution in [3.8, 4) is 11.1 Å². The highest BCUT2D eigenvalue weighted by Crippen LogP contribution is 2.26. The topological polar surface area (TPSA) is 139 Å². The fraction of sp³-hybridized carbons (Fsp3) is 0.118. The lowest BCUT2D eigenvalue weighted by molar-refractivity contribution is -0.122. The van der Waals surface area contributed by atoms with Crippen LogP contribution in [0.2, 0.25) is 0 Å². The number of hydrogen-bond acceptors (Lipinski definition) is 5. The highest BCUT2D eigenvalue weighted by Gasteiger charge is 2.17. The van der Waals surface area contributed by atoms with Gasteiger partial charge in [0, 0.05) is 25.7 Å². The second kappa shape index (κ2) is 8.58. The number of rotatable bonds is 3. The fourth-order valence-electron chi connectivity index (χ4n) is 2.36. The molecule has 0 unspecified atom stereocenters. The first-order chi connectivity index (χ1) is 13.3. The van der Waals surface area contributed by atoms with Crippen LogP contribution in [-0.2, 0) is 18.9 Å². The van der Waals surface area contributed by atoms with E-state index in [9.17, 15) is 18.8 Å². The minimum absolute atomic E-state index is 0.0900. The molecule has 0 aliphatic heterocycles. The van der Waals surface area contributed by atoms with Gasteiger partial charge in [-0.2, -0.15) is 5.10 Å². The third kappa shape index (κ3) is 4.20. The number of halogens is 1. The Bertz CT molecular complexity index is 1110. The maximum atomic E-state index is 13.1. The van der Waals surface area contributed by atoms with Crippen LogP contribution in [-0.4, -0.2) is 36.8 Å². The molecule has 0 saturated carbocycles. The van der Waals surface area contributed by atoms with Crippen molar-refractivity contribution < 1.29 is 19.1 Å². The summed E-state index contributed by atoms with van der Waals surface area (Å²) in [5.74, 6) is -0.761. The number of carbonyl (C=O) groups is 2. The van der Waals surface area contributed by atoms with E-state index in [1.54, 1.807) is 12.1 Å². The SMILES string of the molecule is Cn1c(C(=O)Nc2[nH]ncc2-c2ccc(F)cc2)cc(=O)n(C)c1=O.O=CO. The van der Waals surface area contributed by atoms with E-state index >= 15 is 0 Å². The molecule has 0 fully saturated rings. The Kier molecular flexibility index (Phi) is 6.22. The van der Waals surface area contributed by atoms with Gasteiger partial charge in [0.15, 0.2) is 0 Å². The van der Waals surface area contributed by atoms with E-state index in [0.717, 1.165) is 15.2 Å². The second-order valence-electron chi connectivity index (χ2n) is 5.49. The number of aromatic nitrogens is 4. The van der Waals surface area contributed by atoms with Crippen molar-refractivity contribution in [1.29, 1.82) is 0 Å². The lowest BCUT2D eigenvalue weighted by Crippen LogP contribution is -2.40. The van der Waals surface area contributed by atoms with Crippen LogP contribution >= 0.6 is 0 Å². The summed E-state index contributed by atoms with van der Waals surface area (Å²) in [4.78, 5) is 44.5. The molecule has 1 amide bonds. The second-order valence-corrected chi connectivity index (χ2v) is 5.49. The molecule has 0 radical (unpaired) electrons. The average molecular weight is 389 g/mol. The summed E-state index contributed by atoms with van der Waals surface area (Å²) in [6.45, 7) is -0.250. The van der Waals surface area contributed by atoms with Crippen LogP contribution in [0.4, 0.5) is 10.2 Å². The summed E-state index contributed by atoms with van der Waals surface area (Å²) < 4.78 is 15.0. The van der Waals surface area contributed by atoms with Crippen molar-refractivity contribution in [2.24, 2.45) is 14.1 Å². The summed E-state index contributed by atoms with van der Waals surface area (Å²) in [5, 5.41) is 16.0. The zero-order valence-corrected chi connectivity index (χ0v) is 14.8. The molecule has 146 valence electrons. The number of nitrogens with one attached hydrogen (secondary N) is 2. The van der Waals surface area contributed by atoms with Gasteiger partial charge in [0.25, 0.3) is 17.9 Å². The molecule has 2 heterocycles. The standard InChI is InChI=1S/C16H14FN5O3.CH2O2/c1-21-12(7-13(23)22(2)16(21)25)15(24)19-14-11(8-18-20-14)9-3-5-10(17)6-4-9;2-1-3/h3-8H,1-2H3,(H2,18,19,20,24);1H,(H,2,3). The maximum Gasteiger partial charge on any atom is 0.331 e. The maximum absolute atomic E-state index is 13.1.